The Morgan fingerprint density at radius 2 is 1.82 bits per heavy atom. The minimum absolute atomic E-state index is 0.191. The van der Waals surface area contributed by atoms with Gasteiger partial charge in [-0.1, -0.05) is 42.5 Å². The summed E-state index contributed by atoms with van der Waals surface area (Å²) in [6.45, 7) is 5.31. The van der Waals surface area contributed by atoms with Gasteiger partial charge < -0.3 is 14.8 Å². The quantitative estimate of drug-likeness (QED) is 0.742. The summed E-state index contributed by atoms with van der Waals surface area (Å²) in [5.41, 5.74) is 4.18. The van der Waals surface area contributed by atoms with Crippen molar-refractivity contribution in [2.45, 2.75) is 33.0 Å². The maximum absolute atomic E-state index is 12.6. The molecule has 1 N–H and O–H groups in total. The minimum Gasteiger partial charge on any atom is -0.485 e. The number of hydrogen-bond acceptors (Lipinski definition) is 4. The van der Waals surface area contributed by atoms with Crippen LogP contribution in [0.2, 0.25) is 0 Å². The molecule has 1 aliphatic rings. The van der Waals surface area contributed by atoms with Crippen molar-refractivity contribution in [1.82, 2.24) is 15.1 Å². The molecular formula is C22H23N3O3. The van der Waals surface area contributed by atoms with Gasteiger partial charge in [-0.3, -0.25) is 9.48 Å². The summed E-state index contributed by atoms with van der Waals surface area (Å²) in [6, 6.07) is 17.6. The first-order valence-corrected chi connectivity index (χ1v) is 9.35. The zero-order chi connectivity index (χ0) is 19.5. The van der Waals surface area contributed by atoms with Gasteiger partial charge in [-0.25, -0.2) is 0 Å². The molecule has 1 amide bonds. The summed E-state index contributed by atoms with van der Waals surface area (Å²) in [6.07, 6.45) is -0.658. The SMILES string of the molecule is Cc1nn(Cc2ccccc2)c(C)c1CNC(=O)C1COc2ccccc2O1. The number of nitrogens with one attached hydrogen (secondary N) is 1. The van der Waals surface area contributed by atoms with Crippen LogP contribution in [0.15, 0.2) is 54.6 Å². The Bertz CT molecular complexity index is 982. The molecule has 3 aromatic rings. The van der Waals surface area contributed by atoms with Crippen molar-refractivity contribution in [2.75, 3.05) is 6.61 Å². The van der Waals surface area contributed by atoms with E-state index in [4.69, 9.17) is 9.47 Å². The molecule has 0 saturated heterocycles. The second-order valence-corrected chi connectivity index (χ2v) is 6.87. The highest BCUT2D eigenvalue weighted by Crippen LogP contribution is 2.30. The molecule has 2 heterocycles. The van der Waals surface area contributed by atoms with Gasteiger partial charge in [0.2, 0.25) is 6.10 Å². The number of fused-ring (bicyclic) bond motifs is 1. The van der Waals surface area contributed by atoms with Crippen molar-refractivity contribution in [2.24, 2.45) is 0 Å². The van der Waals surface area contributed by atoms with Crippen molar-refractivity contribution < 1.29 is 14.3 Å². The van der Waals surface area contributed by atoms with Crippen LogP contribution < -0.4 is 14.8 Å². The van der Waals surface area contributed by atoms with E-state index in [9.17, 15) is 4.79 Å². The van der Waals surface area contributed by atoms with Crippen LogP contribution in [-0.4, -0.2) is 28.4 Å². The molecule has 0 fully saturated rings. The predicted molar refractivity (Wildman–Crippen MR) is 105 cm³/mol. The number of benzene rings is 2. The van der Waals surface area contributed by atoms with Crippen LogP contribution >= 0.6 is 0 Å². The van der Waals surface area contributed by atoms with Crippen LogP contribution in [0.1, 0.15) is 22.5 Å². The lowest BCUT2D eigenvalue weighted by Crippen LogP contribution is -2.43. The Kier molecular flexibility index (Phi) is 5.02. The average Bonchev–Trinajstić information content (AvgIpc) is 2.99. The van der Waals surface area contributed by atoms with E-state index < -0.39 is 6.10 Å². The van der Waals surface area contributed by atoms with Gasteiger partial charge >= 0.3 is 0 Å². The van der Waals surface area contributed by atoms with Crippen LogP contribution in [0.25, 0.3) is 0 Å². The summed E-state index contributed by atoms with van der Waals surface area (Å²) in [7, 11) is 0. The topological polar surface area (TPSA) is 65.4 Å². The number of ether oxygens (including phenoxy) is 2. The van der Waals surface area contributed by atoms with Gasteiger partial charge in [-0.15, -0.1) is 0 Å². The molecule has 0 bridgehead atoms. The van der Waals surface area contributed by atoms with E-state index in [2.05, 4.69) is 22.5 Å². The molecule has 1 unspecified atom stereocenters. The third-order valence-corrected chi connectivity index (χ3v) is 4.95. The number of nitrogens with zero attached hydrogens (tertiary/aromatic N) is 2. The number of carbonyl (C=O) groups excluding carboxylic acids is 1. The lowest BCUT2D eigenvalue weighted by molar-refractivity contribution is -0.130. The first-order valence-electron chi connectivity index (χ1n) is 9.35. The molecule has 4 rings (SSSR count). The van der Waals surface area contributed by atoms with Crippen LogP contribution in [0.4, 0.5) is 0 Å². The van der Waals surface area contributed by atoms with Crippen molar-refractivity contribution in [3.05, 3.63) is 77.1 Å². The van der Waals surface area contributed by atoms with Crippen molar-refractivity contribution in [3.8, 4) is 11.5 Å². The molecular weight excluding hydrogens is 354 g/mol. The Labute approximate surface area is 164 Å². The number of hydrogen-bond donors (Lipinski definition) is 1. The number of carbonyl (C=O) groups is 1. The lowest BCUT2D eigenvalue weighted by atomic mass is 10.2. The number of aromatic nitrogens is 2. The highest BCUT2D eigenvalue weighted by atomic mass is 16.6. The van der Waals surface area contributed by atoms with Crippen LogP contribution in [0.3, 0.4) is 0 Å². The predicted octanol–water partition coefficient (Wildman–Crippen LogP) is 3.00. The maximum Gasteiger partial charge on any atom is 0.264 e. The summed E-state index contributed by atoms with van der Waals surface area (Å²) in [4.78, 5) is 12.6. The standard InChI is InChI=1S/C22H23N3O3/c1-15-18(16(2)25(24-15)13-17-8-4-3-5-9-17)12-23-22(26)21-14-27-19-10-6-7-11-20(19)28-21/h3-11,21H,12-14H2,1-2H3,(H,23,26). The molecule has 6 heteroatoms. The van der Waals surface area contributed by atoms with Crippen molar-refractivity contribution >= 4 is 5.91 Å². The fourth-order valence-electron chi connectivity index (χ4n) is 3.34. The van der Waals surface area contributed by atoms with Crippen LogP contribution in [-0.2, 0) is 17.9 Å². The smallest absolute Gasteiger partial charge is 0.264 e. The van der Waals surface area contributed by atoms with Crippen LogP contribution in [0.5, 0.6) is 11.5 Å². The molecule has 28 heavy (non-hydrogen) atoms. The maximum atomic E-state index is 12.6. The highest BCUT2D eigenvalue weighted by Gasteiger charge is 2.27. The lowest BCUT2D eigenvalue weighted by Gasteiger charge is -2.25. The molecule has 0 spiro atoms. The monoisotopic (exact) mass is 377 g/mol. The Morgan fingerprint density at radius 1 is 1.11 bits per heavy atom. The molecule has 1 aliphatic heterocycles. The van der Waals surface area contributed by atoms with Gasteiger partial charge in [0.1, 0.15) is 6.61 Å². The number of rotatable bonds is 5. The fraction of sp³-hybridized carbons (Fsp3) is 0.273. The Hall–Kier alpha value is -3.28. The largest absolute Gasteiger partial charge is 0.485 e. The average molecular weight is 377 g/mol. The Balaban J connectivity index is 1.40. The zero-order valence-electron chi connectivity index (χ0n) is 16.0. The first kappa shape index (κ1) is 18.1. The van der Waals surface area contributed by atoms with Crippen molar-refractivity contribution in [1.29, 1.82) is 0 Å². The van der Waals surface area contributed by atoms with Crippen molar-refractivity contribution in [3.63, 3.8) is 0 Å². The molecule has 2 aromatic carbocycles. The molecule has 6 nitrogen and oxygen atoms in total. The van der Waals surface area contributed by atoms with Gasteiger partial charge in [0.25, 0.3) is 5.91 Å². The summed E-state index contributed by atoms with van der Waals surface area (Å²) in [5.74, 6) is 1.07. The fourth-order valence-corrected chi connectivity index (χ4v) is 3.34. The van der Waals surface area contributed by atoms with E-state index >= 15 is 0 Å². The summed E-state index contributed by atoms with van der Waals surface area (Å²) in [5, 5.41) is 7.60. The number of aryl methyl sites for hydroxylation is 1. The van der Waals surface area contributed by atoms with E-state index in [0.717, 1.165) is 17.0 Å². The molecule has 0 saturated carbocycles. The van der Waals surface area contributed by atoms with Gasteiger partial charge in [0.15, 0.2) is 11.5 Å². The van der Waals surface area contributed by atoms with Gasteiger partial charge in [0, 0.05) is 17.8 Å². The second kappa shape index (κ2) is 7.76. The van der Waals surface area contributed by atoms with E-state index in [1.54, 1.807) is 6.07 Å². The molecule has 0 aliphatic carbocycles. The molecule has 1 aromatic heterocycles. The van der Waals surface area contributed by atoms with E-state index in [1.807, 2.05) is 54.9 Å². The Morgan fingerprint density at radius 3 is 2.61 bits per heavy atom. The van der Waals surface area contributed by atoms with E-state index in [0.29, 0.717) is 24.6 Å². The zero-order valence-corrected chi connectivity index (χ0v) is 16.0. The number of amides is 1. The highest BCUT2D eigenvalue weighted by molar-refractivity contribution is 5.81. The second-order valence-electron chi connectivity index (χ2n) is 6.87. The third kappa shape index (κ3) is 3.71. The third-order valence-electron chi connectivity index (χ3n) is 4.95. The van der Waals surface area contributed by atoms with Crippen LogP contribution in [0, 0.1) is 13.8 Å². The summed E-state index contributed by atoms with van der Waals surface area (Å²) >= 11 is 0. The molecule has 1 atom stereocenters. The van der Waals surface area contributed by atoms with Gasteiger partial charge in [-0.05, 0) is 31.5 Å². The minimum atomic E-state index is -0.658. The first-order chi connectivity index (χ1) is 13.6. The summed E-state index contributed by atoms with van der Waals surface area (Å²) < 4.78 is 13.4. The number of para-hydroxylation sites is 2. The van der Waals surface area contributed by atoms with E-state index in [-0.39, 0.29) is 12.5 Å². The molecule has 0 radical (unpaired) electrons. The van der Waals surface area contributed by atoms with E-state index in [1.165, 1.54) is 5.56 Å². The normalized spacial score (nSPS) is 15.3. The van der Waals surface area contributed by atoms with Gasteiger partial charge in [-0.2, -0.15) is 5.10 Å². The van der Waals surface area contributed by atoms with Gasteiger partial charge in [0.05, 0.1) is 12.2 Å². The molecule has 144 valence electrons.